The number of carbonyl (C=O) groups excluding carboxylic acids is 1. The number of amides is 1. The van der Waals surface area contributed by atoms with Gasteiger partial charge in [-0.3, -0.25) is 4.79 Å². The molecule has 1 aromatic rings. The van der Waals surface area contributed by atoms with Crippen molar-refractivity contribution < 1.29 is 9.53 Å². The number of halogens is 1. The summed E-state index contributed by atoms with van der Waals surface area (Å²) in [6.07, 6.45) is 2.04. The second kappa shape index (κ2) is 7.09. The molecule has 0 radical (unpaired) electrons. The molecule has 1 aliphatic rings. The summed E-state index contributed by atoms with van der Waals surface area (Å²) in [5, 5.41) is 6.36. The van der Waals surface area contributed by atoms with Crippen LogP contribution in [0.15, 0.2) is 22.7 Å². The van der Waals surface area contributed by atoms with Crippen molar-refractivity contribution in [1.82, 2.24) is 10.6 Å². The highest BCUT2D eigenvalue weighted by atomic mass is 79.9. The van der Waals surface area contributed by atoms with Crippen molar-refractivity contribution in [2.45, 2.75) is 25.8 Å². The molecule has 2 unspecified atom stereocenters. The molecule has 0 bridgehead atoms. The van der Waals surface area contributed by atoms with Gasteiger partial charge in [0.1, 0.15) is 5.75 Å². The number of nitrogens with one attached hydrogen (secondary N) is 2. The van der Waals surface area contributed by atoms with E-state index in [9.17, 15) is 4.79 Å². The molecule has 5 heteroatoms. The maximum absolute atomic E-state index is 12.2. The van der Waals surface area contributed by atoms with E-state index in [2.05, 4.69) is 26.6 Å². The highest BCUT2D eigenvalue weighted by molar-refractivity contribution is 9.10. The van der Waals surface area contributed by atoms with Crippen LogP contribution in [0, 0.1) is 5.92 Å². The van der Waals surface area contributed by atoms with Gasteiger partial charge in [-0.2, -0.15) is 0 Å². The van der Waals surface area contributed by atoms with E-state index < -0.39 is 0 Å². The molecule has 2 N–H and O–H groups in total. The molecule has 2 rings (SSSR count). The molecule has 0 aliphatic carbocycles. The Kier molecular flexibility index (Phi) is 5.43. The minimum atomic E-state index is -0.00775. The molecule has 1 fully saturated rings. The number of piperidine rings is 1. The smallest absolute Gasteiger partial charge is 0.224 e. The van der Waals surface area contributed by atoms with E-state index in [-0.39, 0.29) is 17.9 Å². The summed E-state index contributed by atoms with van der Waals surface area (Å²) in [5.41, 5.74) is 1.06. The fraction of sp³-hybridized carbons (Fsp3) is 0.533. The Balaban J connectivity index is 1.98. The molecule has 1 amide bonds. The first-order chi connectivity index (χ1) is 9.61. The third-order valence-corrected chi connectivity index (χ3v) is 4.32. The normalized spacial score (nSPS) is 20.2. The van der Waals surface area contributed by atoms with Crippen molar-refractivity contribution >= 4 is 21.8 Å². The van der Waals surface area contributed by atoms with E-state index in [0.29, 0.717) is 0 Å². The van der Waals surface area contributed by atoms with Crippen LogP contribution in [0.4, 0.5) is 0 Å². The molecule has 1 heterocycles. The minimum absolute atomic E-state index is 0.00775. The predicted octanol–water partition coefficient (Wildman–Crippen LogP) is 2.63. The van der Waals surface area contributed by atoms with Gasteiger partial charge in [0, 0.05) is 6.54 Å². The van der Waals surface area contributed by atoms with Gasteiger partial charge >= 0.3 is 0 Å². The largest absolute Gasteiger partial charge is 0.496 e. The minimum Gasteiger partial charge on any atom is -0.496 e. The maximum Gasteiger partial charge on any atom is 0.224 e. The number of carbonyl (C=O) groups is 1. The first kappa shape index (κ1) is 15.3. The van der Waals surface area contributed by atoms with Gasteiger partial charge in [-0.05, 0) is 59.9 Å². The van der Waals surface area contributed by atoms with E-state index >= 15 is 0 Å². The second-order valence-corrected chi connectivity index (χ2v) is 6.02. The number of hydrogen-bond donors (Lipinski definition) is 2. The van der Waals surface area contributed by atoms with Crippen LogP contribution in [-0.4, -0.2) is 26.1 Å². The van der Waals surface area contributed by atoms with Gasteiger partial charge in [-0.1, -0.05) is 6.07 Å². The van der Waals surface area contributed by atoms with Gasteiger partial charge in [0.15, 0.2) is 0 Å². The van der Waals surface area contributed by atoms with Crippen molar-refractivity contribution in [3.05, 3.63) is 28.2 Å². The van der Waals surface area contributed by atoms with Crippen molar-refractivity contribution in [1.29, 1.82) is 0 Å². The number of hydrogen-bond acceptors (Lipinski definition) is 3. The Morgan fingerprint density at radius 2 is 2.35 bits per heavy atom. The number of methoxy groups -OCH3 is 1. The lowest BCUT2D eigenvalue weighted by Gasteiger charge is -2.24. The standard InChI is InChI=1S/C15H21BrN2O2/c1-10(11-5-6-14(20-2)13(16)8-11)18-15(19)12-4-3-7-17-9-12/h5-6,8,10,12,17H,3-4,7,9H2,1-2H3,(H,18,19). The monoisotopic (exact) mass is 340 g/mol. The molecule has 0 saturated carbocycles. The third-order valence-electron chi connectivity index (χ3n) is 3.70. The zero-order valence-electron chi connectivity index (χ0n) is 11.9. The predicted molar refractivity (Wildman–Crippen MR) is 82.8 cm³/mol. The fourth-order valence-electron chi connectivity index (χ4n) is 2.44. The second-order valence-electron chi connectivity index (χ2n) is 5.17. The lowest BCUT2D eigenvalue weighted by molar-refractivity contribution is -0.126. The van der Waals surface area contributed by atoms with Gasteiger partial charge in [-0.15, -0.1) is 0 Å². The van der Waals surface area contributed by atoms with Crippen LogP contribution in [0.2, 0.25) is 0 Å². The van der Waals surface area contributed by atoms with Crippen LogP contribution in [0.5, 0.6) is 5.75 Å². The Bertz CT molecular complexity index is 473. The maximum atomic E-state index is 12.2. The third kappa shape index (κ3) is 3.73. The van der Waals surface area contributed by atoms with Crippen LogP contribution in [0.3, 0.4) is 0 Å². The molecule has 110 valence electrons. The first-order valence-electron chi connectivity index (χ1n) is 6.96. The van der Waals surface area contributed by atoms with Crippen LogP contribution < -0.4 is 15.4 Å². The Morgan fingerprint density at radius 1 is 1.55 bits per heavy atom. The fourth-order valence-corrected chi connectivity index (χ4v) is 3.00. The summed E-state index contributed by atoms with van der Waals surface area (Å²) in [7, 11) is 1.64. The molecule has 20 heavy (non-hydrogen) atoms. The Hall–Kier alpha value is -1.07. The van der Waals surface area contributed by atoms with Crippen molar-refractivity contribution in [2.24, 2.45) is 5.92 Å². The highest BCUT2D eigenvalue weighted by Gasteiger charge is 2.22. The van der Waals surface area contributed by atoms with Crippen LogP contribution in [0.25, 0.3) is 0 Å². The van der Waals surface area contributed by atoms with Crippen LogP contribution in [0.1, 0.15) is 31.4 Å². The summed E-state index contributed by atoms with van der Waals surface area (Å²) in [5.74, 6) is 1.02. The van der Waals surface area contributed by atoms with Gasteiger partial charge in [0.05, 0.1) is 23.5 Å². The lowest BCUT2D eigenvalue weighted by Crippen LogP contribution is -2.41. The highest BCUT2D eigenvalue weighted by Crippen LogP contribution is 2.28. The zero-order valence-corrected chi connectivity index (χ0v) is 13.5. The van der Waals surface area contributed by atoms with Gasteiger partial charge < -0.3 is 15.4 Å². The van der Waals surface area contributed by atoms with Crippen LogP contribution in [-0.2, 0) is 4.79 Å². The number of ether oxygens (including phenoxy) is 1. The average Bonchev–Trinajstić information content (AvgIpc) is 2.48. The average molecular weight is 341 g/mol. The molecular formula is C15H21BrN2O2. The van der Waals surface area contributed by atoms with Crippen molar-refractivity contribution in [2.75, 3.05) is 20.2 Å². The molecule has 1 aromatic carbocycles. The Morgan fingerprint density at radius 3 is 2.95 bits per heavy atom. The molecule has 0 spiro atoms. The van der Waals surface area contributed by atoms with Gasteiger partial charge in [0.2, 0.25) is 5.91 Å². The van der Waals surface area contributed by atoms with Gasteiger partial charge in [-0.25, -0.2) is 0 Å². The summed E-state index contributed by atoms with van der Waals surface area (Å²) >= 11 is 3.47. The zero-order chi connectivity index (χ0) is 14.5. The molecule has 0 aromatic heterocycles. The summed E-state index contributed by atoms with van der Waals surface area (Å²) < 4.78 is 6.11. The van der Waals surface area contributed by atoms with E-state index in [1.165, 1.54) is 0 Å². The molecular weight excluding hydrogens is 320 g/mol. The van der Waals surface area contributed by atoms with Gasteiger partial charge in [0.25, 0.3) is 0 Å². The molecule has 4 nitrogen and oxygen atoms in total. The Labute approximate surface area is 128 Å². The number of rotatable bonds is 4. The van der Waals surface area contributed by atoms with Crippen LogP contribution >= 0.6 is 15.9 Å². The van der Waals surface area contributed by atoms with E-state index in [0.717, 1.165) is 41.7 Å². The van der Waals surface area contributed by atoms with E-state index in [4.69, 9.17) is 4.74 Å². The quantitative estimate of drug-likeness (QED) is 0.885. The van der Waals surface area contributed by atoms with Crippen molar-refractivity contribution in [3.63, 3.8) is 0 Å². The SMILES string of the molecule is COc1ccc(C(C)NC(=O)C2CCCNC2)cc1Br. The first-order valence-corrected chi connectivity index (χ1v) is 7.75. The summed E-state index contributed by atoms with van der Waals surface area (Å²) in [6, 6.07) is 5.87. The van der Waals surface area contributed by atoms with E-state index in [1.807, 2.05) is 25.1 Å². The topological polar surface area (TPSA) is 50.4 Å². The molecule has 1 aliphatic heterocycles. The van der Waals surface area contributed by atoms with Crippen molar-refractivity contribution in [3.8, 4) is 5.75 Å². The number of benzene rings is 1. The summed E-state index contributed by atoms with van der Waals surface area (Å²) in [4.78, 5) is 12.2. The molecule has 1 saturated heterocycles. The summed E-state index contributed by atoms with van der Waals surface area (Å²) in [6.45, 7) is 3.80. The molecule has 2 atom stereocenters. The lowest BCUT2D eigenvalue weighted by atomic mass is 9.98. The van der Waals surface area contributed by atoms with E-state index in [1.54, 1.807) is 7.11 Å².